The Morgan fingerprint density at radius 2 is 2.29 bits per heavy atom. The first kappa shape index (κ1) is 13.7. The molecule has 1 rings (SSSR count). The summed E-state index contributed by atoms with van der Waals surface area (Å²) in [6.45, 7) is 2.06. The van der Waals surface area contributed by atoms with Crippen molar-refractivity contribution in [1.82, 2.24) is 4.98 Å². The van der Waals surface area contributed by atoms with Gasteiger partial charge in [0.05, 0.1) is 6.10 Å². The second kappa shape index (κ2) is 6.42. The van der Waals surface area contributed by atoms with Gasteiger partial charge in [-0.1, -0.05) is 37.4 Å². The van der Waals surface area contributed by atoms with Gasteiger partial charge in [0, 0.05) is 5.56 Å². The minimum absolute atomic E-state index is 0.0676. The third-order valence-corrected chi connectivity index (χ3v) is 2.67. The number of nitrogens with two attached hydrogens (primary N) is 2. The van der Waals surface area contributed by atoms with Crippen LogP contribution in [0.15, 0.2) is 17.2 Å². The zero-order chi connectivity index (χ0) is 12.8. The van der Waals surface area contributed by atoms with E-state index in [-0.39, 0.29) is 11.0 Å². The molecule has 5 nitrogen and oxygen atoms in total. The number of nitrogens with zero attached hydrogens (tertiary/aromatic N) is 2. The lowest BCUT2D eigenvalue weighted by Gasteiger charge is -2.14. The topological polar surface area (TPSA) is 97.5 Å². The Kier molecular flexibility index (Phi) is 5.18. The third kappa shape index (κ3) is 3.57. The summed E-state index contributed by atoms with van der Waals surface area (Å²) < 4.78 is 0. The molecular weight excluding hydrogens is 240 g/mol. The maximum Gasteiger partial charge on any atom is 0.169 e. The van der Waals surface area contributed by atoms with E-state index in [0.717, 1.165) is 12.8 Å². The van der Waals surface area contributed by atoms with Gasteiger partial charge in [0.1, 0.15) is 10.8 Å². The van der Waals surface area contributed by atoms with Crippen LogP contribution >= 0.6 is 11.6 Å². The molecule has 0 aliphatic heterocycles. The number of amidine groups is 1. The van der Waals surface area contributed by atoms with E-state index in [4.69, 9.17) is 23.2 Å². The summed E-state index contributed by atoms with van der Waals surface area (Å²) in [6, 6.07) is 3.31. The summed E-state index contributed by atoms with van der Waals surface area (Å²) in [4.78, 5) is 4.04. The van der Waals surface area contributed by atoms with E-state index in [1.165, 1.54) is 0 Å². The summed E-state index contributed by atoms with van der Waals surface area (Å²) in [7, 11) is 0. The molecule has 1 aromatic rings. The zero-order valence-electron chi connectivity index (χ0n) is 9.73. The molecule has 0 saturated heterocycles. The molecule has 0 aliphatic rings. The van der Waals surface area contributed by atoms with Crippen molar-refractivity contribution >= 4 is 17.4 Å². The number of rotatable bonds is 5. The Morgan fingerprint density at radius 3 is 2.88 bits per heavy atom. The van der Waals surface area contributed by atoms with Crippen LogP contribution in [0.4, 0.5) is 0 Å². The van der Waals surface area contributed by atoms with Crippen molar-refractivity contribution in [2.45, 2.75) is 32.3 Å². The lowest BCUT2D eigenvalue weighted by molar-refractivity contribution is 0.163. The lowest BCUT2D eigenvalue weighted by atomic mass is 10.0. The number of hydrogen-bond donors (Lipinski definition) is 3. The van der Waals surface area contributed by atoms with Crippen LogP contribution in [0.25, 0.3) is 0 Å². The molecule has 0 aromatic carbocycles. The molecule has 0 aliphatic carbocycles. The van der Waals surface area contributed by atoms with Crippen LogP contribution < -0.4 is 11.6 Å². The second-order valence-corrected chi connectivity index (χ2v) is 4.13. The van der Waals surface area contributed by atoms with Crippen molar-refractivity contribution in [3.05, 3.63) is 28.5 Å². The maximum absolute atomic E-state index is 10.0. The van der Waals surface area contributed by atoms with E-state index in [9.17, 15) is 5.11 Å². The van der Waals surface area contributed by atoms with E-state index >= 15 is 0 Å². The molecule has 0 spiro atoms. The van der Waals surface area contributed by atoms with Gasteiger partial charge in [0.2, 0.25) is 0 Å². The number of unbranched alkanes of at least 4 members (excludes halogenated alkanes) is 1. The van der Waals surface area contributed by atoms with Crippen molar-refractivity contribution in [2.75, 3.05) is 0 Å². The monoisotopic (exact) mass is 256 g/mol. The predicted molar refractivity (Wildman–Crippen MR) is 68.6 cm³/mol. The zero-order valence-corrected chi connectivity index (χ0v) is 10.5. The molecule has 0 saturated carbocycles. The van der Waals surface area contributed by atoms with Crippen molar-refractivity contribution < 1.29 is 5.11 Å². The number of halogens is 1. The van der Waals surface area contributed by atoms with Gasteiger partial charge in [-0.15, -0.1) is 0 Å². The third-order valence-electron chi connectivity index (χ3n) is 2.46. The number of pyridine rings is 1. The Labute approximate surface area is 105 Å². The molecule has 0 bridgehead atoms. The molecule has 17 heavy (non-hydrogen) atoms. The van der Waals surface area contributed by atoms with Crippen LogP contribution in [0.5, 0.6) is 0 Å². The quantitative estimate of drug-likeness (QED) is 0.245. The van der Waals surface area contributed by atoms with Crippen molar-refractivity contribution in [3.63, 3.8) is 0 Å². The molecule has 5 N–H and O–H groups in total. The number of hydrogen-bond acceptors (Lipinski definition) is 4. The van der Waals surface area contributed by atoms with Crippen LogP contribution in [0.1, 0.15) is 43.5 Å². The van der Waals surface area contributed by atoms with Crippen LogP contribution in [-0.4, -0.2) is 15.9 Å². The highest BCUT2D eigenvalue weighted by atomic mass is 35.5. The van der Waals surface area contributed by atoms with Crippen LogP contribution in [-0.2, 0) is 0 Å². The van der Waals surface area contributed by atoms with Gasteiger partial charge in [-0.25, -0.2) is 4.98 Å². The molecule has 94 valence electrons. The Hall–Kier alpha value is -1.33. The number of aliphatic hydroxyl groups is 1. The van der Waals surface area contributed by atoms with Gasteiger partial charge in [-0.3, -0.25) is 0 Å². The standard InChI is InChI=1S/C11H17ClN4O/c1-2-3-4-8(17)7-5-6-9(12)15-10(7)11(13)16-14/h5-6,8,17H,2-4,14H2,1H3,(H2,13,16). The SMILES string of the molecule is CCCCC(O)c1ccc(Cl)nc1/C(N)=N/N. The highest BCUT2D eigenvalue weighted by Gasteiger charge is 2.16. The fraction of sp³-hybridized carbons (Fsp3) is 0.455. The average Bonchev–Trinajstić information content (AvgIpc) is 2.34. The minimum Gasteiger partial charge on any atom is -0.388 e. The Bertz CT molecular complexity index is 408. The first-order valence-corrected chi connectivity index (χ1v) is 5.86. The first-order valence-electron chi connectivity index (χ1n) is 5.48. The maximum atomic E-state index is 10.0. The molecule has 1 aromatic heterocycles. The fourth-order valence-electron chi connectivity index (χ4n) is 1.53. The van der Waals surface area contributed by atoms with Crippen molar-refractivity contribution in [3.8, 4) is 0 Å². The van der Waals surface area contributed by atoms with Crippen molar-refractivity contribution in [2.24, 2.45) is 16.7 Å². The van der Waals surface area contributed by atoms with Gasteiger partial charge in [-0.2, -0.15) is 5.10 Å². The van der Waals surface area contributed by atoms with E-state index in [1.807, 2.05) is 0 Å². The summed E-state index contributed by atoms with van der Waals surface area (Å²) >= 11 is 5.78. The number of aliphatic hydroxyl groups excluding tert-OH is 1. The van der Waals surface area contributed by atoms with E-state index in [1.54, 1.807) is 12.1 Å². The molecule has 1 unspecified atom stereocenters. The number of aromatic nitrogens is 1. The van der Waals surface area contributed by atoms with Gasteiger partial charge >= 0.3 is 0 Å². The molecule has 1 heterocycles. The molecule has 6 heteroatoms. The number of hydrazone groups is 1. The smallest absolute Gasteiger partial charge is 0.169 e. The fourth-order valence-corrected chi connectivity index (χ4v) is 1.68. The van der Waals surface area contributed by atoms with E-state index < -0.39 is 6.10 Å². The van der Waals surface area contributed by atoms with Gasteiger partial charge in [0.25, 0.3) is 0 Å². The molecule has 0 fully saturated rings. The first-order chi connectivity index (χ1) is 8.10. The summed E-state index contributed by atoms with van der Waals surface area (Å²) in [6.07, 6.45) is 1.94. The Balaban J connectivity index is 3.05. The van der Waals surface area contributed by atoms with Crippen LogP contribution in [0.2, 0.25) is 5.15 Å². The second-order valence-electron chi connectivity index (χ2n) is 3.74. The Morgan fingerprint density at radius 1 is 1.59 bits per heavy atom. The largest absolute Gasteiger partial charge is 0.388 e. The summed E-state index contributed by atoms with van der Waals surface area (Å²) in [5, 5.41) is 13.7. The van der Waals surface area contributed by atoms with Gasteiger partial charge in [0.15, 0.2) is 5.84 Å². The molecular formula is C11H17ClN4O. The minimum atomic E-state index is -0.630. The highest BCUT2D eigenvalue weighted by Crippen LogP contribution is 2.23. The van der Waals surface area contributed by atoms with Gasteiger partial charge < -0.3 is 16.7 Å². The lowest BCUT2D eigenvalue weighted by Crippen LogP contribution is -2.20. The molecule has 0 amide bonds. The highest BCUT2D eigenvalue weighted by molar-refractivity contribution is 6.29. The van der Waals surface area contributed by atoms with Crippen LogP contribution in [0.3, 0.4) is 0 Å². The molecule has 0 radical (unpaired) electrons. The van der Waals surface area contributed by atoms with Crippen molar-refractivity contribution in [1.29, 1.82) is 0 Å². The molecule has 1 atom stereocenters. The van der Waals surface area contributed by atoms with E-state index in [0.29, 0.717) is 17.7 Å². The summed E-state index contributed by atoms with van der Waals surface area (Å²) in [5.74, 6) is 5.19. The predicted octanol–water partition coefficient (Wildman–Crippen LogP) is 1.54. The van der Waals surface area contributed by atoms with E-state index in [2.05, 4.69) is 17.0 Å². The van der Waals surface area contributed by atoms with Gasteiger partial charge in [-0.05, 0) is 12.5 Å². The average molecular weight is 257 g/mol. The summed E-state index contributed by atoms with van der Waals surface area (Å²) in [5.41, 5.74) is 6.58. The normalized spacial score (nSPS) is 13.7. The van der Waals surface area contributed by atoms with Crippen LogP contribution in [0, 0.1) is 0 Å².